The average Bonchev–Trinajstić information content (AvgIpc) is 3.17. The summed E-state index contributed by atoms with van der Waals surface area (Å²) in [7, 11) is -5.89. The Bertz CT molecular complexity index is 800. The highest BCUT2D eigenvalue weighted by atomic mass is 28.4. The third-order valence-corrected chi connectivity index (χ3v) is 24.7. The lowest BCUT2D eigenvalue weighted by atomic mass is 9.92. The molecule has 1 saturated carbocycles. The van der Waals surface area contributed by atoms with Gasteiger partial charge in [0.1, 0.15) is 6.29 Å². The highest BCUT2D eigenvalue weighted by Gasteiger charge is 2.50. The van der Waals surface area contributed by atoms with Crippen LogP contribution in [0.1, 0.15) is 108 Å². The first-order valence-corrected chi connectivity index (χ1v) is 25.2. The van der Waals surface area contributed by atoms with E-state index in [1.54, 1.807) is 0 Å². The SMILES string of the molecule is CCCC[C@H](C)C[C@@H](/C=C/[C@@H]1[C@@H](C=O)[C@@H](O[Si](CC)(CC)CC)C[C@H]1O[Si](C)(C)C(C)(C)C)O[Si](C)(C)C(C)(C)C. The molecule has 41 heavy (non-hydrogen) atoms. The van der Waals surface area contributed by atoms with Crippen LogP contribution in [0.4, 0.5) is 0 Å². The van der Waals surface area contributed by atoms with E-state index in [4.69, 9.17) is 13.3 Å². The molecule has 0 saturated heterocycles. The summed E-state index contributed by atoms with van der Waals surface area (Å²) in [6, 6.07) is 3.28. The van der Waals surface area contributed by atoms with Gasteiger partial charge in [-0.1, -0.05) is 108 Å². The summed E-state index contributed by atoms with van der Waals surface area (Å²) in [5, 5.41) is 0.250. The summed E-state index contributed by atoms with van der Waals surface area (Å²) in [6.45, 7) is 34.7. The minimum Gasteiger partial charge on any atom is -0.413 e. The monoisotopic (exact) mass is 626 g/mol. The molecule has 0 unspecified atom stereocenters. The molecule has 7 heteroatoms. The fraction of sp³-hybridized carbons (Fsp3) is 0.912. The van der Waals surface area contributed by atoms with Gasteiger partial charge < -0.3 is 18.1 Å². The molecule has 0 radical (unpaired) electrons. The molecule has 0 heterocycles. The molecule has 0 aromatic heterocycles. The van der Waals surface area contributed by atoms with Gasteiger partial charge in [-0.3, -0.25) is 0 Å². The van der Waals surface area contributed by atoms with Gasteiger partial charge in [-0.05, 0) is 73.2 Å². The summed E-state index contributed by atoms with van der Waals surface area (Å²) in [5.74, 6) is 0.435. The maximum Gasteiger partial charge on any atom is 0.192 e. The van der Waals surface area contributed by atoms with Gasteiger partial charge >= 0.3 is 0 Å². The van der Waals surface area contributed by atoms with Crippen LogP contribution in [0.15, 0.2) is 12.2 Å². The van der Waals surface area contributed by atoms with Crippen LogP contribution in [0.2, 0.25) is 54.4 Å². The fourth-order valence-electron chi connectivity index (χ4n) is 5.64. The zero-order valence-electron chi connectivity index (χ0n) is 30.0. The number of carbonyl (C=O) groups excluding carboxylic acids is 1. The van der Waals surface area contributed by atoms with Crippen molar-refractivity contribution in [3.63, 3.8) is 0 Å². The first-order valence-electron chi connectivity index (χ1n) is 16.9. The lowest BCUT2D eigenvalue weighted by Gasteiger charge is -2.40. The van der Waals surface area contributed by atoms with E-state index in [9.17, 15) is 4.79 Å². The Morgan fingerprint density at radius 1 is 0.805 bits per heavy atom. The molecule has 6 atom stereocenters. The first-order chi connectivity index (χ1) is 18.7. The lowest BCUT2D eigenvalue weighted by Crippen LogP contribution is -2.45. The Hall–Kier alpha value is -0.0594. The van der Waals surface area contributed by atoms with Crippen molar-refractivity contribution < 1.29 is 18.1 Å². The summed E-state index contributed by atoms with van der Waals surface area (Å²) in [6.07, 6.45) is 11.3. The quantitative estimate of drug-likeness (QED) is 0.0915. The number of hydrogen-bond donors (Lipinski definition) is 0. The zero-order chi connectivity index (χ0) is 31.9. The van der Waals surface area contributed by atoms with Crippen molar-refractivity contribution in [2.75, 3.05) is 0 Å². The van der Waals surface area contributed by atoms with Gasteiger partial charge in [0.05, 0.1) is 18.3 Å². The summed E-state index contributed by atoms with van der Waals surface area (Å²) < 4.78 is 21.2. The van der Waals surface area contributed by atoms with E-state index in [0.717, 1.165) is 31.0 Å². The molecule has 242 valence electrons. The molecular weight excluding hydrogens is 557 g/mol. The van der Waals surface area contributed by atoms with Crippen molar-refractivity contribution in [2.24, 2.45) is 17.8 Å². The molecule has 0 aromatic rings. The van der Waals surface area contributed by atoms with Crippen molar-refractivity contribution in [2.45, 2.75) is 181 Å². The molecule has 0 spiro atoms. The molecule has 1 rings (SSSR count). The van der Waals surface area contributed by atoms with Crippen LogP contribution in [-0.4, -0.2) is 49.6 Å². The number of rotatable bonds is 17. The second-order valence-electron chi connectivity index (χ2n) is 16.1. The Balaban J connectivity index is 3.49. The van der Waals surface area contributed by atoms with Crippen LogP contribution in [0, 0.1) is 17.8 Å². The third-order valence-electron chi connectivity index (χ3n) is 11.0. The molecule has 4 nitrogen and oxygen atoms in total. The van der Waals surface area contributed by atoms with E-state index in [2.05, 4.69) is 115 Å². The van der Waals surface area contributed by atoms with Crippen molar-refractivity contribution in [1.29, 1.82) is 0 Å². The molecule has 0 aliphatic heterocycles. The lowest BCUT2D eigenvalue weighted by molar-refractivity contribution is -0.114. The minimum absolute atomic E-state index is 0.00403. The zero-order valence-corrected chi connectivity index (χ0v) is 33.0. The smallest absolute Gasteiger partial charge is 0.192 e. The standard InChI is InChI=1S/C34H70O4Si3/c1-16-20-21-27(5)24-28(36-39(12,13)33(6,7)8)22-23-29-30(26-35)32(38-41(17-2,18-3)19-4)25-31(29)37-40(14,15)34(9,10)11/h22-23,26-32H,16-21,24-25H2,1-15H3/b23-22+/t27-,28+,29+,30+,31+,32-/m0/s1. The van der Waals surface area contributed by atoms with Gasteiger partial charge in [0, 0.05) is 11.8 Å². The van der Waals surface area contributed by atoms with Crippen LogP contribution in [0.3, 0.4) is 0 Å². The van der Waals surface area contributed by atoms with E-state index in [-0.39, 0.29) is 40.2 Å². The largest absolute Gasteiger partial charge is 0.413 e. The normalized spacial score (nSPS) is 24.7. The number of carbonyl (C=O) groups is 1. The van der Waals surface area contributed by atoms with Gasteiger partial charge in [0.25, 0.3) is 0 Å². The number of aldehydes is 1. The van der Waals surface area contributed by atoms with Gasteiger partial charge in [0.15, 0.2) is 25.0 Å². The van der Waals surface area contributed by atoms with Crippen LogP contribution >= 0.6 is 0 Å². The van der Waals surface area contributed by atoms with Gasteiger partial charge in [-0.2, -0.15) is 0 Å². The maximum atomic E-state index is 12.8. The molecule has 0 N–H and O–H groups in total. The van der Waals surface area contributed by atoms with Crippen molar-refractivity contribution >= 4 is 31.2 Å². The van der Waals surface area contributed by atoms with E-state index in [1.807, 2.05) is 0 Å². The summed E-state index contributed by atoms with van der Waals surface area (Å²) in [4.78, 5) is 12.8. The summed E-state index contributed by atoms with van der Waals surface area (Å²) >= 11 is 0. The van der Waals surface area contributed by atoms with Crippen molar-refractivity contribution in [3.05, 3.63) is 12.2 Å². The number of hydrogen-bond acceptors (Lipinski definition) is 4. The van der Waals surface area contributed by atoms with Crippen LogP contribution in [-0.2, 0) is 18.1 Å². The molecule has 1 aliphatic carbocycles. The first kappa shape index (κ1) is 39.0. The molecule has 0 bridgehead atoms. The van der Waals surface area contributed by atoms with Crippen LogP contribution < -0.4 is 0 Å². The predicted molar refractivity (Wildman–Crippen MR) is 186 cm³/mol. The second kappa shape index (κ2) is 15.8. The van der Waals surface area contributed by atoms with E-state index < -0.39 is 25.0 Å². The van der Waals surface area contributed by atoms with Gasteiger partial charge in [0.2, 0.25) is 0 Å². The van der Waals surface area contributed by atoms with E-state index >= 15 is 0 Å². The maximum absolute atomic E-state index is 12.8. The average molecular weight is 627 g/mol. The summed E-state index contributed by atoms with van der Waals surface area (Å²) in [5.41, 5.74) is 0. The molecule has 1 fully saturated rings. The van der Waals surface area contributed by atoms with Crippen LogP contribution in [0.25, 0.3) is 0 Å². The molecule has 1 aliphatic rings. The Morgan fingerprint density at radius 2 is 1.32 bits per heavy atom. The third kappa shape index (κ3) is 10.8. The van der Waals surface area contributed by atoms with E-state index in [1.165, 1.54) is 25.5 Å². The Kier molecular flexibility index (Phi) is 15.0. The molecule has 0 aromatic carbocycles. The highest BCUT2D eigenvalue weighted by Crippen LogP contribution is 2.45. The molecular formula is C34H70O4Si3. The van der Waals surface area contributed by atoms with E-state index in [0.29, 0.717) is 5.92 Å². The topological polar surface area (TPSA) is 44.8 Å². The molecule has 0 amide bonds. The second-order valence-corrected chi connectivity index (χ2v) is 30.4. The van der Waals surface area contributed by atoms with Crippen molar-refractivity contribution in [1.82, 2.24) is 0 Å². The number of unbranched alkanes of at least 4 members (excludes halogenated alkanes) is 1. The van der Waals surface area contributed by atoms with Crippen molar-refractivity contribution in [3.8, 4) is 0 Å². The minimum atomic E-state index is -2.05. The van der Waals surface area contributed by atoms with Gasteiger partial charge in [-0.25, -0.2) is 0 Å². The Labute approximate surface area is 259 Å². The highest BCUT2D eigenvalue weighted by molar-refractivity contribution is 6.74. The fourth-order valence-corrected chi connectivity index (χ4v) is 11.2. The van der Waals surface area contributed by atoms with Gasteiger partial charge in [-0.15, -0.1) is 0 Å². The van der Waals surface area contributed by atoms with Crippen LogP contribution in [0.5, 0.6) is 0 Å². The predicted octanol–water partition coefficient (Wildman–Crippen LogP) is 10.8. The Morgan fingerprint density at radius 3 is 1.76 bits per heavy atom.